The number of esters is 1. The van der Waals surface area contributed by atoms with E-state index in [2.05, 4.69) is 58.6 Å². The summed E-state index contributed by atoms with van der Waals surface area (Å²) in [6.45, 7) is 1.60. The van der Waals surface area contributed by atoms with Gasteiger partial charge >= 0.3 is 17.9 Å². The van der Waals surface area contributed by atoms with Crippen molar-refractivity contribution in [2.75, 3.05) is 18.1 Å². The zero-order chi connectivity index (χ0) is 28.0. The van der Waals surface area contributed by atoms with Crippen LogP contribution in [-0.2, 0) is 38.5 Å². The molecule has 12 heteroatoms. The summed E-state index contributed by atoms with van der Waals surface area (Å²) in [6, 6.07) is 15.2. The molecule has 0 aliphatic carbocycles. The second-order valence-electron chi connectivity index (χ2n) is 8.27. The molecular formula is C25H31NO10S. The second kappa shape index (κ2) is 15.3. The van der Waals surface area contributed by atoms with Crippen LogP contribution < -0.4 is 5.32 Å². The molecule has 0 saturated carbocycles. The minimum absolute atomic E-state index is 0.103. The summed E-state index contributed by atoms with van der Waals surface area (Å²) < 4.78 is 28.3. The van der Waals surface area contributed by atoms with Gasteiger partial charge in [-0.3, -0.25) is 24.0 Å². The summed E-state index contributed by atoms with van der Waals surface area (Å²) in [4.78, 5) is 56.0. The lowest BCUT2D eigenvalue weighted by molar-refractivity contribution is -0.147. The Hall–Kier alpha value is -3.80. The van der Waals surface area contributed by atoms with Crippen molar-refractivity contribution in [3.8, 4) is 0 Å². The molecule has 0 radical (unpaired) electrons. The first-order chi connectivity index (χ1) is 17.3. The van der Waals surface area contributed by atoms with E-state index in [-0.39, 0.29) is 12.8 Å². The van der Waals surface area contributed by atoms with E-state index in [4.69, 9.17) is 10.2 Å². The SMILES string of the molecule is CC(=O)OCC(=O)C(CC(=O)O)NC(=O)C(C)CS(=O)(=O)CCCC(=O)O.c1ccc2ccccc2c1. The average Bonchev–Trinajstić information content (AvgIpc) is 2.81. The van der Waals surface area contributed by atoms with Crippen molar-refractivity contribution in [3.63, 3.8) is 0 Å². The number of fused-ring (bicyclic) bond motifs is 1. The fraction of sp³-hybridized carbons (Fsp3) is 0.400. The number of carbonyl (C=O) groups excluding carboxylic acids is 3. The largest absolute Gasteiger partial charge is 0.481 e. The normalized spacial score (nSPS) is 12.4. The zero-order valence-electron chi connectivity index (χ0n) is 20.6. The third kappa shape index (κ3) is 13.2. The summed E-state index contributed by atoms with van der Waals surface area (Å²) >= 11 is 0. The van der Waals surface area contributed by atoms with Crippen LogP contribution in [0.3, 0.4) is 0 Å². The summed E-state index contributed by atoms with van der Waals surface area (Å²) in [5, 5.41) is 22.1. The first-order valence-electron chi connectivity index (χ1n) is 11.3. The quantitative estimate of drug-likeness (QED) is 0.319. The smallest absolute Gasteiger partial charge is 0.305 e. The molecule has 0 saturated heterocycles. The summed E-state index contributed by atoms with van der Waals surface area (Å²) in [5.41, 5.74) is 0. The van der Waals surface area contributed by atoms with E-state index in [9.17, 15) is 32.4 Å². The highest BCUT2D eigenvalue weighted by Gasteiger charge is 2.28. The van der Waals surface area contributed by atoms with Crippen LogP contribution in [0.15, 0.2) is 48.5 Å². The maximum absolute atomic E-state index is 12.1. The average molecular weight is 538 g/mol. The van der Waals surface area contributed by atoms with Crippen molar-refractivity contribution < 1.29 is 47.3 Å². The number of benzene rings is 2. The van der Waals surface area contributed by atoms with Gasteiger partial charge < -0.3 is 20.3 Å². The number of sulfone groups is 1. The first kappa shape index (κ1) is 31.2. The zero-order valence-corrected chi connectivity index (χ0v) is 21.4. The molecule has 3 N–H and O–H groups in total. The van der Waals surface area contributed by atoms with E-state index in [1.165, 1.54) is 17.7 Å². The molecule has 2 aromatic carbocycles. The molecule has 0 aliphatic rings. The van der Waals surface area contributed by atoms with Crippen LogP contribution in [0.5, 0.6) is 0 Å². The molecule has 0 fully saturated rings. The molecule has 0 heterocycles. The molecule has 11 nitrogen and oxygen atoms in total. The Labute approximate surface area is 214 Å². The van der Waals surface area contributed by atoms with Crippen LogP contribution in [0.2, 0.25) is 0 Å². The molecule has 2 aromatic rings. The van der Waals surface area contributed by atoms with Gasteiger partial charge in [0.1, 0.15) is 6.04 Å². The van der Waals surface area contributed by atoms with Crippen LogP contribution in [0, 0.1) is 5.92 Å². The number of hydrogen-bond acceptors (Lipinski definition) is 8. The van der Waals surface area contributed by atoms with Crippen molar-refractivity contribution in [1.29, 1.82) is 0 Å². The molecule has 2 atom stereocenters. The molecule has 2 unspecified atom stereocenters. The number of aliphatic carboxylic acids is 2. The molecule has 0 spiro atoms. The first-order valence-corrected chi connectivity index (χ1v) is 13.2. The Bertz CT molecular complexity index is 1140. The molecular weight excluding hydrogens is 506 g/mol. The number of nitrogens with one attached hydrogen (secondary N) is 1. The Morgan fingerprint density at radius 2 is 1.43 bits per heavy atom. The minimum Gasteiger partial charge on any atom is -0.481 e. The lowest BCUT2D eigenvalue weighted by Gasteiger charge is -2.19. The number of hydrogen-bond donors (Lipinski definition) is 3. The highest BCUT2D eigenvalue weighted by Crippen LogP contribution is 2.11. The Morgan fingerprint density at radius 3 is 1.86 bits per heavy atom. The van der Waals surface area contributed by atoms with Gasteiger partial charge in [0.2, 0.25) is 5.91 Å². The van der Waals surface area contributed by atoms with Gasteiger partial charge in [-0.25, -0.2) is 8.42 Å². The Balaban J connectivity index is 0.000000556. The molecule has 2 rings (SSSR count). The fourth-order valence-electron chi connectivity index (χ4n) is 3.12. The van der Waals surface area contributed by atoms with Gasteiger partial charge in [0.15, 0.2) is 22.2 Å². The van der Waals surface area contributed by atoms with Gasteiger partial charge in [-0.05, 0) is 17.2 Å². The highest BCUT2D eigenvalue weighted by atomic mass is 32.2. The van der Waals surface area contributed by atoms with Crippen LogP contribution in [0.1, 0.15) is 33.1 Å². The van der Waals surface area contributed by atoms with Crippen molar-refractivity contribution >= 4 is 50.2 Å². The number of carboxylic acid groups (broad SMARTS) is 2. The number of carboxylic acids is 2. The van der Waals surface area contributed by atoms with Crippen LogP contribution in [0.4, 0.5) is 0 Å². The third-order valence-electron chi connectivity index (χ3n) is 4.96. The van der Waals surface area contributed by atoms with E-state index >= 15 is 0 Å². The van der Waals surface area contributed by atoms with E-state index < -0.39 is 75.9 Å². The summed E-state index contributed by atoms with van der Waals surface area (Å²) in [6.07, 6.45) is -1.19. The van der Waals surface area contributed by atoms with Gasteiger partial charge in [0, 0.05) is 19.3 Å². The van der Waals surface area contributed by atoms with Gasteiger partial charge in [0.05, 0.1) is 17.9 Å². The number of amides is 1. The Kier molecular flexibility index (Phi) is 12.9. The predicted molar refractivity (Wildman–Crippen MR) is 134 cm³/mol. The Morgan fingerprint density at radius 1 is 0.919 bits per heavy atom. The fourth-order valence-corrected chi connectivity index (χ4v) is 4.79. The van der Waals surface area contributed by atoms with Crippen molar-refractivity contribution in [2.24, 2.45) is 5.92 Å². The van der Waals surface area contributed by atoms with Crippen LogP contribution in [0.25, 0.3) is 10.8 Å². The van der Waals surface area contributed by atoms with Crippen molar-refractivity contribution in [1.82, 2.24) is 5.32 Å². The lowest BCUT2D eigenvalue weighted by Crippen LogP contribution is -2.47. The monoisotopic (exact) mass is 537 g/mol. The molecule has 37 heavy (non-hydrogen) atoms. The van der Waals surface area contributed by atoms with Gasteiger partial charge in [-0.15, -0.1) is 0 Å². The minimum atomic E-state index is -3.72. The maximum atomic E-state index is 12.1. The summed E-state index contributed by atoms with van der Waals surface area (Å²) in [7, 11) is -3.72. The van der Waals surface area contributed by atoms with Crippen molar-refractivity contribution in [2.45, 2.75) is 39.2 Å². The topological polar surface area (TPSA) is 181 Å². The summed E-state index contributed by atoms with van der Waals surface area (Å²) in [5.74, 6) is -7.10. The second-order valence-corrected chi connectivity index (χ2v) is 10.5. The number of Topliss-reactive ketones (excluding diaryl/α,β-unsaturated/α-hetero) is 1. The maximum Gasteiger partial charge on any atom is 0.305 e. The molecule has 0 bridgehead atoms. The molecule has 202 valence electrons. The predicted octanol–water partition coefficient (Wildman–Crippen LogP) is 1.83. The standard InChI is InChI=1S/C15H23NO10S.C10H8/c1-9(8-27(24,25)5-3-4-13(19)20)15(23)16-11(6-14(21)22)12(18)7-26-10(2)17;1-2-6-10-8-4-3-7-9(10)5-1/h9,11H,3-8H2,1-2H3,(H,16,23)(H,19,20)(H,21,22);1-8H. The number of ketones is 1. The highest BCUT2D eigenvalue weighted by molar-refractivity contribution is 7.91. The molecule has 0 aromatic heterocycles. The van der Waals surface area contributed by atoms with Gasteiger partial charge in [0.25, 0.3) is 0 Å². The van der Waals surface area contributed by atoms with E-state index in [0.717, 1.165) is 6.92 Å². The number of ether oxygens (including phenoxy) is 1. The van der Waals surface area contributed by atoms with Gasteiger partial charge in [-0.2, -0.15) is 0 Å². The van der Waals surface area contributed by atoms with Crippen LogP contribution in [-0.4, -0.2) is 72.4 Å². The van der Waals surface area contributed by atoms with E-state index in [1.54, 1.807) is 0 Å². The van der Waals surface area contributed by atoms with Gasteiger partial charge in [-0.1, -0.05) is 55.5 Å². The lowest BCUT2D eigenvalue weighted by atomic mass is 10.1. The number of rotatable bonds is 13. The van der Waals surface area contributed by atoms with Crippen LogP contribution >= 0.6 is 0 Å². The van der Waals surface area contributed by atoms with E-state index in [0.29, 0.717) is 0 Å². The third-order valence-corrected chi connectivity index (χ3v) is 6.88. The van der Waals surface area contributed by atoms with Crippen molar-refractivity contribution in [3.05, 3.63) is 48.5 Å². The van der Waals surface area contributed by atoms with E-state index in [1.807, 2.05) is 0 Å². The molecule has 0 aliphatic heterocycles. The number of carbonyl (C=O) groups is 5. The molecule has 1 amide bonds.